The Morgan fingerprint density at radius 2 is 2.00 bits per heavy atom. The van der Waals surface area contributed by atoms with Gasteiger partial charge in [-0.1, -0.05) is 6.07 Å². The van der Waals surface area contributed by atoms with Crippen LogP contribution in [0.15, 0.2) is 36.5 Å². The van der Waals surface area contributed by atoms with Crippen LogP contribution >= 0.6 is 11.3 Å². The molecule has 0 atom stereocenters. The van der Waals surface area contributed by atoms with Gasteiger partial charge in [-0.2, -0.15) is 5.10 Å². The molecular weight excluding hydrogens is 347 g/mol. The number of aryl methyl sites for hydroxylation is 1. The maximum absolute atomic E-state index is 14.7. The van der Waals surface area contributed by atoms with E-state index in [4.69, 9.17) is 0 Å². The van der Waals surface area contributed by atoms with Gasteiger partial charge in [0.05, 0.1) is 21.3 Å². The van der Waals surface area contributed by atoms with Crippen molar-refractivity contribution in [2.24, 2.45) is 0 Å². The Morgan fingerprint density at radius 3 is 2.85 bits per heavy atom. The molecule has 2 aromatic carbocycles. The molecule has 0 amide bonds. The third-order valence-corrected chi connectivity index (χ3v) is 6.02. The number of fused-ring (bicyclic) bond motifs is 2. The van der Waals surface area contributed by atoms with Gasteiger partial charge in [0, 0.05) is 11.6 Å². The number of thiazole rings is 1. The highest BCUT2D eigenvalue weighted by molar-refractivity contribution is 7.18. The fourth-order valence-corrected chi connectivity index (χ4v) is 4.62. The van der Waals surface area contributed by atoms with Crippen LogP contribution < -0.4 is 5.32 Å². The first-order valence-corrected chi connectivity index (χ1v) is 9.76. The molecule has 1 aliphatic rings. The van der Waals surface area contributed by atoms with E-state index in [9.17, 15) is 4.39 Å². The lowest BCUT2D eigenvalue weighted by Gasteiger charge is -2.22. The molecule has 0 bridgehead atoms. The molecule has 1 aliphatic heterocycles. The van der Waals surface area contributed by atoms with Crippen molar-refractivity contribution in [3.63, 3.8) is 0 Å². The molecule has 26 heavy (non-hydrogen) atoms. The van der Waals surface area contributed by atoms with E-state index >= 15 is 0 Å². The highest BCUT2D eigenvalue weighted by atomic mass is 32.1. The largest absolute Gasteiger partial charge is 0.317 e. The molecule has 1 fully saturated rings. The number of hydrogen-bond acceptors (Lipinski definition) is 4. The predicted molar refractivity (Wildman–Crippen MR) is 104 cm³/mol. The van der Waals surface area contributed by atoms with Crippen molar-refractivity contribution in [1.29, 1.82) is 0 Å². The van der Waals surface area contributed by atoms with Gasteiger partial charge in [-0.3, -0.25) is 4.68 Å². The van der Waals surface area contributed by atoms with Crippen molar-refractivity contribution in [3.8, 4) is 11.1 Å². The zero-order valence-corrected chi connectivity index (χ0v) is 15.3. The Balaban J connectivity index is 1.58. The van der Waals surface area contributed by atoms with Gasteiger partial charge in [0.25, 0.3) is 0 Å². The maximum atomic E-state index is 14.7. The number of hydrogen-bond donors (Lipinski definition) is 1. The van der Waals surface area contributed by atoms with E-state index in [-0.39, 0.29) is 5.82 Å². The third-order valence-electron chi connectivity index (χ3n) is 5.09. The first-order valence-electron chi connectivity index (χ1n) is 8.94. The second kappa shape index (κ2) is 6.14. The number of halogens is 1. The molecule has 4 nitrogen and oxygen atoms in total. The second-order valence-electron chi connectivity index (χ2n) is 6.90. The van der Waals surface area contributed by atoms with Crippen LogP contribution in [0.3, 0.4) is 0 Å². The van der Waals surface area contributed by atoms with Gasteiger partial charge in [-0.05, 0) is 68.2 Å². The van der Waals surface area contributed by atoms with Crippen LogP contribution in [-0.2, 0) is 0 Å². The lowest BCUT2D eigenvalue weighted by Crippen LogP contribution is -2.29. The van der Waals surface area contributed by atoms with Gasteiger partial charge < -0.3 is 5.32 Å². The minimum Gasteiger partial charge on any atom is -0.317 e. The van der Waals surface area contributed by atoms with Crippen LogP contribution in [-0.4, -0.2) is 27.9 Å². The van der Waals surface area contributed by atoms with Gasteiger partial charge in [0.15, 0.2) is 5.82 Å². The molecule has 1 N–H and O–H groups in total. The minimum absolute atomic E-state index is 0.259. The molecule has 0 saturated carbocycles. The Morgan fingerprint density at radius 1 is 1.15 bits per heavy atom. The molecule has 3 heterocycles. The van der Waals surface area contributed by atoms with Crippen molar-refractivity contribution in [1.82, 2.24) is 20.1 Å². The monoisotopic (exact) mass is 366 g/mol. The molecule has 0 radical (unpaired) electrons. The maximum Gasteiger partial charge on any atom is 0.151 e. The van der Waals surface area contributed by atoms with E-state index in [0.29, 0.717) is 11.6 Å². The van der Waals surface area contributed by atoms with Crippen molar-refractivity contribution < 1.29 is 4.39 Å². The zero-order chi connectivity index (χ0) is 17.7. The summed E-state index contributed by atoms with van der Waals surface area (Å²) in [4.78, 5) is 4.50. The van der Waals surface area contributed by atoms with Gasteiger partial charge in [-0.25, -0.2) is 9.37 Å². The Hall–Kier alpha value is -2.31. The summed E-state index contributed by atoms with van der Waals surface area (Å²) in [6, 6.07) is 10.1. The summed E-state index contributed by atoms with van der Waals surface area (Å²) in [6.07, 6.45) is 4.06. The molecule has 5 rings (SSSR count). The molecule has 132 valence electrons. The van der Waals surface area contributed by atoms with E-state index in [0.717, 1.165) is 57.7 Å². The van der Waals surface area contributed by atoms with E-state index < -0.39 is 0 Å². The first kappa shape index (κ1) is 15.9. The molecule has 0 aliphatic carbocycles. The zero-order valence-electron chi connectivity index (χ0n) is 14.5. The van der Waals surface area contributed by atoms with Crippen LogP contribution in [0.25, 0.3) is 32.2 Å². The number of piperidine rings is 1. The lowest BCUT2D eigenvalue weighted by atomic mass is 10.0. The van der Waals surface area contributed by atoms with Crippen molar-refractivity contribution in [2.75, 3.05) is 13.1 Å². The van der Waals surface area contributed by atoms with Gasteiger partial charge in [0.1, 0.15) is 5.52 Å². The number of aromatic nitrogens is 3. The predicted octanol–water partition coefficient (Wildman–Crippen LogP) is 4.69. The quantitative estimate of drug-likeness (QED) is 0.560. The van der Waals surface area contributed by atoms with E-state index in [1.807, 2.05) is 36.0 Å². The molecule has 6 heteroatoms. The number of nitrogens with zero attached hydrogens (tertiary/aromatic N) is 3. The first-order chi connectivity index (χ1) is 12.7. The van der Waals surface area contributed by atoms with Crippen LogP contribution in [0, 0.1) is 12.7 Å². The van der Waals surface area contributed by atoms with Gasteiger partial charge in [0.2, 0.25) is 0 Å². The average molecular weight is 366 g/mol. The average Bonchev–Trinajstić information content (AvgIpc) is 3.24. The fourth-order valence-electron chi connectivity index (χ4n) is 3.76. The van der Waals surface area contributed by atoms with Crippen molar-refractivity contribution in [2.45, 2.75) is 25.8 Å². The molecule has 0 spiro atoms. The van der Waals surface area contributed by atoms with Crippen molar-refractivity contribution in [3.05, 3.63) is 47.4 Å². The van der Waals surface area contributed by atoms with Crippen LogP contribution in [0.2, 0.25) is 0 Å². The Bertz CT molecular complexity index is 1110. The minimum atomic E-state index is -0.259. The summed E-state index contributed by atoms with van der Waals surface area (Å²) in [7, 11) is 0. The fraction of sp³-hybridized carbons (Fsp3) is 0.300. The summed E-state index contributed by atoms with van der Waals surface area (Å²) >= 11 is 1.66. The summed E-state index contributed by atoms with van der Waals surface area (Å²) in [5, 5.41) is 9.79. The molecule has 1 saturated heterocycles. The van der Waals surface area contributed by atoms with Gasteiger partial charge >= 0.3 is 0 Å². The SMILES string of the molecule is Cc1nc2ccc(-c3cc(F)c4nn(C5CCNCC5)cc4c3)cc2s1. The van der Waals surface area contributed by atoms with Crippen LogP contribution in [0.5, 0.6) is 0 Å². The molecular formula is C20H19FN4S. The Kier molecular flexibility index (Phi) is 3.76. The number of rotatable bonds is 2. The highest BCUT2D eigenvalue weighted by Crippen LogP contribution is 2.31. The smallest absolute Gasteiger partial charge is 0.151 e. The standard InChI is InChI=1S/C20H19FN4S/c1-12-23-18-3-2-13(10-19(18)26-12)14-8-15-11-25(16-4-6-22-7-5-16)24-20(15)17(21)9-14/h2-3,8-11,16,22H,4-7H2,1H3. The van der Waals surface area contributed by atoms with E-state index in [2.05, 4.69) is 21.5 Å². The summed E-state index contributed by atoms with van der Waals surface area (Å²) in [6.45, 7) is 3.98. The molecule has 4 aromatic rings. The number of nitrogens with one attached hydrogen (secondary N) is 1. The van der Waals surface area contributed by atoms with Gasteiger partial charge in [-0.15, -0.1) is 11.3 Å². The van der Waals surface area contributed by atoms with Crippen molar-refractivity contribution >= 4 is 32.5 Å². The normalized spacial score (nSPS) is 15.9. The van der Waals surface area contributed by atoms with E-state index in [1.54, 1.807) is 17.4 Å². The summed E-state index contributed by atoms with van der Waals surface area (Å²) < 4.78 is 17.8. The third kappa shape index (κ3) is 2.70. The lowest BCUT2D eigenvalue weighted by molar-refractivity contribution is 0.344. The number of benzene rings is 2. The molecule has 0 unspecified atom stereocenters. The second-order valence-corrected chi connectivity index (χ2v) is 8.14. The van der Waals surface area contributed by atoms with Crippen LogP contribution in [0.4, 0.5) is 4.39 Å². The summed E-state index contributed by atoms with van der Waals surface area (Å²) in [5.74, 6) is -0.259. The summed E-state index contributed by atoms with van der Waals surface area (Å²) in [5.41, 5.74) is 3.35. The highest BCUT2D eigenvalue weighted by Gasteiger charge is 2.18. The molecule has 2 aromatic heterocycles. The Labute approximate surface area is 154 Å². The topological polar surface area (TPSA) is 42.7 Å². The van der Waals surface area contributed by atoms with E-state index in [1.165, 1.54) is 0 Å². The van der Waals surface area contributed by atoms with Crippen LogP contribution in [0.1, 0.15) is 23.9 Å².